The Kier molecular flexibility index (Phi) is 6.16. The molecule has 0 saturated heterocycles. The predicted molar refractivity (Wildman–Crippen MR) is 101 cm³/mol. The summed E-state index contributed by atoms with van der Waals surface area (Å²) >= 11 is 11.8. The Bertz CT molecular complexity index is 929. The molecule has 0 aliphatic rings. The number of carbonyl (C=O) groups is 1. The molecule has 0 aliphatic carbocycles. The lowest BCUT2D eigenvalue weighted by molar-refractivity contribution is -0.118. The van der Waals surface area contributed by atoms with E-state index in [0.29, 0.717) is 28.1 Å². The summed E-state index contributed by atoms with van der Waals surface area (Å²) < 4.78 is 15.9. The molecule has 140 valence electrons. The standard InChI is InChI=1S/C18H15Cl2N3O4/c1-25-13-5-2-11(3-6-13)8-17-22-23-18(27-17)21-16(24)10-26-15-7-4-12(19)9-14(15)20/h2-7,9H,8,10H2,1H3,(H,21,23,24). The van der Waals surface area contributed by atoms with Crippen molar-refractivity contribution in [3.05, 3.63) is 64.0 Å². The number of hydrogen-bond donors (Lipinski definition) is 1. The molecule has 9 heteroatoms. The number of benzene rings is 2. The summed E-state index contributed by atoms with van der Waals surface area (Å²) in [4.78, 5) is 12.0. The van der Waals surface area contributed by atoms with Gasteiger partial charge in [0.15, 0.2) is 6.61 Å². The Balaban J connectivity index is 1.52. The van der Waals surface area contributed by atoms with Crippen molar-refractivity contribution in [3.8, 4) is 11.5 Å². The number of hydrogen-bond acceptors (Lipinski definition) is 6. The van der Waals surface area contributed by atoms with Gasteiger partial charge in [-0.25, -0.2) is 0 Å². The fraction of sp³-hybridized carbons (Fsp3) is 0.167. The van der Waals surface area contributed by atoms with Crippen molar-refractivity contribution in [1.29, 1.82) is 0 Å². The number of halogens is 2. The van der Waals surface area contributed by atoms with E-state index in [1.807, 2.05) is 24.3 Å². The number of nitrogens with one attached hydrogen (secondary N) is 1. The van der Waals surface area contributed by atoms with Gasteiger partial charge in [-0.15, -0.1) is 5.10 Å². The van der Waals surface area contributed by atoms with E-state index in [1.54, 1.807) is 19.2 Å². The largest absolute Gasteiger partial charge is 0.497 e. The van der Waals surface area contributed by atoms with Gasteiger partial charge in [0.1, 0.15) is 11.5 Å². The first kappa shape index (κ1) is 19.0. The van der Waals surface area contributed by atoms with Crippen LogP contribution in [0.25, 0.3) is 0 Å². The number of nitrogens with zero attached hydrogens (tertiary/aromatic N) is 2. The summed E-state index contributed by atoms with van der Waals surface area (Å²) in [5.74, 6) is 1.03. The van der Waals surface area contributed by atoms with Gasteiger partial charge in [-0.3, -0.25) is 10.1 Å². The van der Waals surface area contributed by atoms with Gasteiger partial charge in [-0.1, -0.05) is 40.4 Å². The average Bonchev–Trinajstić information content (AvgIpc) is 3.08. The SMILES string of the molecule is COc1ccc(Cc2nnc(NC(=O)COc3ccc(Cl)cc3Cl)o2)cc1. The number of ether oxygens (including phenoxy) is 2. The zero-order chi connectivity index (χ0) is 19.2. The molecule has 0 spiro atoms. The summed E-state index contributed by atoms with van der Waals surface area (Å²) in [6, 6.07) is 12.2. The molecule has 1 heterocycles. The summed E-state index contributed by atoms with van der Waals surface area (Å²) in [6.45, 7) is -0.266. The van der Waals surface area contributed by atoms with Crippen LogP contribution in [0, 0.1) is 0 Å². The second-order valence-electron chi connectivity index (χ2n) is 5.44. The smallest absolute Gasteiger partial charge is 0.322 e. The molecule has 1 aromatic heterocycles. The lowest BCUT2D eigenvalue weighted by Gasteiger charge is -2.07. The summed E-state index contributed by atoms with van der Waals surface area (Å²) in [5.41, 5.74) is 0.970. The molecule has 3 aromatic rings. The van der Waals surface area contributed by atoms with Crippen LogP contribution in [-0.2, 0) is 11.2 Å². The van der Waals surface area contributed by atoms with Crippen molar-refractivity contribution >= 4 is 35.1 Å². The lowest BCUT2D eigenvalue weighted by atomic mass is 10.1. The Labute approximate surface area is 165 Å². The first-order chi connectivity index (χ1) is 13.0. The quantitative estimate of drug-likeness (QED) is 0.636. The highest BCUT2D eigenvalue weighted by atomic mass is 35.5. The van der Waals surface area contributed by atoms with Gasteiger partial charge in [0.25, 0.3) is 5.91 Å². The Hall–Kier alpha value is -2.77. The number of aromatic nitrogens is 2. The van der Waals surface area contributed by atoms with Crippen LogP contribution in [0.5, 0.6) is 11.5 Å². The van der Waals surface area contributed by atoms with Gasteiger partial charge in [0.2, 0.25) is 5.89 Å². The van der Waals surface area contributed by atoms with Crippen molar-refractivity contribution in [2.45, 2.75) is 6.42 Å². The fourth-order valence-electron chi connectivity index (χ4n) is 2.18. The number of methoxy groups -OCH3 is 1. The van der Waals surface area contributed by atoms with Gasteiger partial charge in [-0.05, 0) is 35.9 Å². The number of anilines is 1. The van der Waals surface area contributed by atoms with Crippen molar-refractivity contribution in [2.24, 2.45) is 0 Å². The molecule has 2 aromatic carbocycles. The number of amides is 1. The van der Waals surface area contributed by atoms with E-state index in [2.05, 4.69) is 15.5 Å². The van der Waals surface area contributed by atoms with Crippen LogP contribution in [0.15, 0.2) is 46.9 Å². The van der Waals surface area contributed by atoms with E-state index in [1.165, 1.54) is 6.07 Å². The minimum Gasteiger partial charge on any atom is -0.497 e. The second kappa shape index (κ2) is 8.75. The van der Waals surface area contributed by atoms with Gasteiger partial charge < -0.3 is 13.9 Å². The first-order valence-electron chi connectivity index (χ1n) is 7.86. The first-order valence-corrected chi connectivity index (χ1v) is 8.62. The normalized spacial score (nSPS) is 10.5. The number of rotatable bonds is 7. The molecule has 0 unspecified atom stereocenters. The van der Waals surface area contributed by atoms with E-state index < -0.39 is 5.91 Å². The summed E-state index contributed by atoms with van der Waals surface area (Å²) in [5, 5.41) is 11.0. The Morgan fingerprint density at radius 1 is 1.15 bits per heavy atom. The van der Waals surface area contributed by atoms with E-state index in [-0.39, 0.29) is 12.6 Å². The average molecular weight is 408 g/mol. The molecule has 0 radical (unpaired) electrons. The molecule has 1 amide bonds. The van der Waals surface area contributed by atoms with E-state index in [9.17, 15) is 4.79 Å². The number of carbonyl (C=O) groups excluding carboxylic acids is 1. The minimum absolute atomic E-state index is 0.00526. The van der Waals surface area contributed by atoms with Crippen LogP contribution in [0.3, 0.4) is 0 Å². The molecule has 0 fully saturated rings. The summed E-state index contributed by atoms with van der Waals surface area (Å²) in [7, 11) is 1.60. The minimum atomic E-state index is -0.458. The third-order valence-corrected chi connectivity index (χ3v) is 4.01. The molecule has 0 saturated carbocycles. The Morgan fingerprint density at radius 2 is 1.93 bits per heavy atom. The van der Waals surface area contributed by atoms with Gasteiger partial charge in [-0.2, -0.15) is 0 Å². The lowest BCUT2D eigenvalue weighted by Crippen LogP contribution is -2.20. The molecular weight excluding hydrogens is 393 g/mol. The molecule has 27 heavy (non-hydrogen) atoms. The van der Waals surface area contributed by atoms with Crippen LogP contribution in [0.4, 0.5) is 6.01 Å². The molecular formula is C18H15Cl2N3O4. The third-order valence-electron chi connectivity index (χ3n) is 3.48. The zero-order valence-electron chi connectivity index (χ0n) is 14.2. The molecule has 3 rings (SSSR count). The van der Waals surface area contributed by atoms with Gasteiger partial charge in [0, 0.05) is 5.02 Å². The highest BCUT2D eigenvalue weighted by Gasteiger charge is 2.12. The Morgan fingerprint density at radius 3 is 2.63 bits per heavy atom. The van der Waals surface area contributed by atoms with Crippen molar-refractivity contribution in [3.63, 3.8) is 0 Å². The highest BCUT2D eigenvalue weighted by molar-refractivity contribution is 6.35. The van der Waals surface area contributed by atoms with E-state index in [0.717, 1.165) is 11.3 Å². The maximum Gasteiger partial charge on any atom is 0.322 e. The zero-order valence-corrected chi connectivity index (χ0v) is 15.8. The monoisotopic (exact) mass is 407 g/mol. The molecule has 0 aliphatic heterocycles. The van der Waals surface area contributed by atoms with Crippen LogP contribution in [-0.4, -0.2) is 29.8 Å². The summed E-state index contributed by atoms with van der Waals surface area (Å²) in [6.07, 6.45) is 0.434. The molecule has 7 nitrogen and oxygen atoms in total. The maximum absolute atomic E-state index is 12.0. The maximum atomic E-state index is 12.0. The van der Waals surface area contributed by atoms with Crippen LogP contribution in [0.1, 0.15) is 11.5 Å². The fourth-order valence-corrected chi connectivity index (χ4v) is 2.65. The third kappa shape index (κ3) is 5.35. The molecule has 0 atom stereocenters. The van der Waals surface area contributed by atoms with Crippen molar-refractivity contribution in [2.75, 3.05) is 19.0 Å². The predicted octanol–water partition coefficient (Wildman–Crippen LogP) is 3.99. The van der Waals surface area contributed by atoms with Crippen LogP contribution < -0.4 is 14.8 Å². The topological polar surface area (TPSA) is 86.5 Å². The van der Waals surface area contributed by atoms with Gasteiger partial charge in [0.05, 0.1) is 18.6 Å². The van der Waals surface area contributed by atoms with Gasteiger partial charge >= 0.3 is 6.01 Å². The highest BCUT2D eigenvalue weighted by Crippen LogP contribution is 2.27. The van der Waals surface area contributed by atoms with E-state index in [4.69, 9.17) is 37.1 Å². The molecule has 0 bridgehead atoms. The van der Waals surface area contributed by atoms with Crippen LogP contribution >= 0.6 is 23.2 Å². The molecule has 1 N–H and O–H groups in total. The van der Waals surface area contributed by atoms with E-state index >= 15 is 0 Å². The van der Waals surface area contributed by atoms with Crippen molar-refractivity contribution < 1.29 is 18.7 Å². The van der Waals surface area contributed by atoms with Crippen LogP contribution in [0.2, 0.25) is 10.0 Å². The van der Waals surface area contributed by atoms with Crippen molar-refractivity contribution in [1.82, 2.24) is 10.2 Å². The second-order valence-corrected chi connectivity index (χ2v) is 6.28.